The monoisotopic (exact) mass is 426 g/mol. The van der Waals surface area contributed by atoms with E-state index in [4.69, 9.17) is 5.14 Å². The fraction of sp³-hybridized carbons (Fsp3) is 0.286. The number of hydrogen-bond acceptors (Lipinski definition) is 5. The van der Waals surface area contributed by atoms with Crippen molar-refractivity contribution < 1.29 is 13.2 Å². The van der Waals surface area contributed by atoms with Crippen LogP contribution in [0.5, 0.6) is 0 Å². The van der Waals surface area contributed by atoms with Crippen molar-refractivity contribution in [1.82, 2.24) is 14.9 Å². The molecule has 1 amide bonds. The number of benzene rings is 2. The number of aryl methyl sites for hydroxylation is 1. The van der Waals surface area contributed by atoms with Crippen molar-refractivity contribution >= 4 is 26.8 Å². The maximum Gasteiger partial charge on any atom is 0.261 e. The average molecular weight is 426 g/mol. The molecule has 4 rings (SSSR count). The summed E-state index contributed by atoms with van der Waals surface area (Å²) in [6.07, 6.45) is 3.30. The lowest BCUT2D eigenvalue weighted by atomic mass is 10.1. The summed E-state index contributed by atoms with van der Waals surface area (Å²) in [6, 6.07) is 11.2. The van der Waals surface area contributed by atoms with Gasteiger partial charge in [-0.15, -0.1) is 0 Å². The molecular formula is C21H22N4O4S. The van der Waals surface area contributed by atoms with Crippen LogP contribution in [0, 0.1) is 0 Å². The van der Waals surface area contributed by atoms with Gasteiger partial charge in [-0.1, -0.05) is 12.1 Å². The van der Waals surface area contributed by atoms with Crippen LogP contribution < -0.4 is 16.0 Å². The molecule has 156 valence electrons. The van der Waals surface area contributed by atoms with E-state index in [1.54, 1.807) is 34.9 Å². The molecule has 30 heavy (non-hydrogen) atoms. The Hall–Kier alpha value is -3.04. The van der Waals surface area contributed by atoms with Crippen molar-refractivity contribution in [2.24, 2.45) is 5.14 Å². The highest BCUT2D eigenvalue weighted by Gasteiger charge is 2.16. The molecule has 0 aliphatic carbocycles. The first-order valence-corrected chi connectivity index (χ1v) is 11.3. The molecule has 0 fully saturated rings. The zero-order valence-corrected chi connectivity index (χ0v) is 17.1. The van der Waals surface area contributed by atoms with Crippen LogP contribution in [-0.4, -0.2) is 30.4 Å². The number of amides is 1. The lowest BCUT2D eigenvalue weighted by Gasteiger charge is -2.17. The molecular weight excluding hydrogens is 404 g/mol. The van der Waals surface area contributed by atoms with Crippen LogP contribution in [0.1, 0.15) is 34.6 Å². The Morgan fingerprint density at radius 3 is 2.63 bits per heavy atom. The Labute approximate surface area is 173 Å². The van der Waals surface area contributed by atoms with Gasteiger partial charge in [-0.2, -0.15) is 0 Å². The summed E-state index contributed by atoms with van der Waals surface area (Å²) in [5.41, 5.74) is 1.81. The third kappa shape index (κ3) is 4.12. The molecule has 8 nitrogen and oxygen atoms in total. The van der Waals surface area contributed by atoms with Crippen molar-refractivity contribution in [2.75, 3.05) is 6.54 Å². The van der Waals surface area contributed by atoms with E-state index < -0.39 is 10.0 Å². The van der Waals surface area contributed by atoms with Gasteiger partial charge in [-0.05, 0) is 55.2 Å². The van der Waals surface area contributed by atoms with Gasteiger partial charge in [-0.3, -0.25) is 14.2 Å². The molecule has 0 radical (unpaired) electrons. The van der Waals surface area contributed by atoms with Crippen LogP contribution in [0.25, 0.3) is 10.9 Å². The van der Waals surface area contributed by atoms with Crippen LogP contribution in [0.2, 0.25) is 0 Å². The first-order chi connectivity index (χ1) is 14.3. The Morgan fingerprint density at radius 2 is 1.90 bits per heavy atom. The minimum absolute atomic E-state index is 0.0513. The van der Waals surface area contributed by atoms with Crippen molar-refractivity contribution in [3.05, 3.63) is 69.8 Å². The molecule has 1 aromatic heterocycles. The maximum atomic E-state index is 12.6. The van der Waals surface area contributed by atoms with Crippen LogP contribution >= 0.6 is 0 Å². The van der Waals surface area contributed by atoms with Crippen molar-refractivity contribution in [3.8, 4) is 0 Å². The summed E-state index contributed by atoms with van der Waals surface area (Å²) in [5, 5.41) is 8.45. The number of nitrogens with one attached hydrogen (secondary N) is 1. The molecule has 0 bridgehead atoms. The highest BCUT2D eigenvalue weighted by molar-refractivity contribution is 7.89. The molecule has 3 aromatic rings. The highest BCUT2D eigenvalue weighted by atomic mass is 32.2. The van der Waals surface area contributed by atoms with Gasteiger partial charge in [0.15, 0.2) is 0 Å². The van der Waals surface area contributed by atoms with E-state index in [9.17, 15) is 18.0 Å². The van der Waals surface area contributed by atoms with E-state index in [-0.39, 0.29) is 16.4 Å². The fourth-order valence-electron chi connectivity index (χ4n) is 3.65. The van der Waals surface area contributed by atoms with Gasteiger partial charge in [0.25, 0.3) is 11.5 Å². The van der Waals surface area contributed by atoms with E-state index in [1.165, 1.54) is 12.1 Å². The second-order valence-corrected chi connectivity index (χ2v) is 8.93. The number of sulfonamides is 1. The maximum absolute atomic E-state index is 12.6. The van der Waals surface area contributed by atoms with E-state index in [0.29, 0.717) is 36.0 Å². The molecule has 1 aliphatic heterocycles. The molecule has 2 aromatic carbocycles. The molecule has 0 saturated carbocycles. The molecule has 9 heteroatoms. The van der Waals surface area contributed by atoms with Gasteiger partial charge in [0, 0.05) is 25.1 Å². The average Bonchev–Trinajstić information content (AvgIpc) is 2.73. The third-order valence-electron chi connectivity index (χ3n) is 5.28. The molecule has 0 atom stereocenters. The molecule has 2 heterocycles. The van der Waals surface area contributed by atoms with Crippen molar-refractivity contribution in [3.63, 3.8) is 0 Å². The number of carbonyl (C=O) groups excluding carboxylic acids is 1. The SMILES string of the molecule is NS(=O)(=O)c1ccc(CCNC(=O)c2ccc3c(=O)n4c(nc3c2)CCCC4)cc1. The fourth-order valence-corrected chi connectivity index (χ4v) is 4.17. The Morgan fingerprint density at radius 1 is 1.13 bits per heavy atom. The Balaban J connectivity index is 1.45. The predicted octanol–water partition coefficient (Wildman–Crippen LogP) is 1.35. The number of carbonyl (C=O) groups is 1. The largest absolute Gasteiger partial charge is 0.352 e. The molecule has 0 unspecified atom stereocenters. The second kappa shape index (κ2) is 8.00. The van der Waals surface area contributed by atoms with Crippen molar-refractivity contribution in [1.29, 1.82) is 0 Å². The summed E-state index contributed by atoms with van der Waals surface area (Å²) < 4.78 is 24.3. The number of rotatable bonds is 5. The lowest BCUT2D eigenvalue weighted by molar-refractivity contribution is 0.0954. The van der Waals surface area contributed by atoms with E-state index >= 15 is 0 Å². The second-order valence-electron chi connectivity index (χ2n) is 7.37. The smallest absolute Gasteiger partial charge is 0.261 e. The number of primary sulfonamides is 1. The zero-order chi connectivity index (χ0) is 21.3. The van der Waals surface area contributed by atoms with Crippen LogP contribution in [-0.2, 0) is 29.4 Å². The number of aromatic nitrogens is 2. The minimum atomic E-state index is -3.72. The molecule has 1 aliphatic rings. The van der Waals surface area contributed by atoms with Gasteiger partial charge >= 0.3 is 0 Å². The standard InChI is InChI=1S/C21H22N4O4S/c22-30(28,29)16-7-4-14(5-8-16)10-11-23-20(26)15-6-9-17-18(13-15)24-19-3-1-2-12-25(19)21(17)27/h4-9,13H,1-3,10-12H2,(H,23,26)(H2,22,28,29). The quantitative estimate of drug-likeness (QED) is 0.637. The molecule has 3 N–H and O–H groups in total. The van der Waals surface area contributed by atoms with Gasteiger partial charge in [0.1, 0.15) is 5.82 Å². The Bertz CT molecular complexity index is 1280. The first kappa shape index (κ1) is 20.2. The Kier molecular flexibility index (Phi) is 5.40. The number of hydrogen-bond donors (Lipinski definition) is 2. The molecule has 0 spiro atoms. The predicted molar refractivity (Wildman–Crippen MR) is 113 cm³/mol. The van der Waals surface area contributed by atoms with Gasteiger partial charge in [0.2, 0.25) is 10.0 Å². The van der Waals surface area contributed by atoms with Crippen LogP contribution in [0.3, 0.4) is 0 Å². The summed E-state index contributed by atoms with van der Waals surface area (Å²) >= 11 is 0. The summed E-state index contributed by atoms with van der Waals surface area (Å²) in [6.45, 7) is 1.07. The number of fused-ring (bicyclic) bond motifs is 2. The van der Waals surface area contributed by atoms with Gasteiger partial charge in [0.05, 0.1) is 15.8 Å². The topological polar surface area (TPSA) is 124 Å². The van der Waals surface area contributed by atoms with E-state index in [0.717, 1.165) is 30.7 Å². The number of nitrogens with zero attached hydrogens (tertiary/aromatic N) is 2. The summed E-state index contributed by atoms with van der Waals surface area (Å²) in [4.78, 5) is 29.8. The minimum Gasteiger partial charge on any atom is -0.352 e. The summed E-state index contributed by atoms with van der Waals surface area (Å²) in [5.74, 6) is 0.525. The lowest BCUT2D eigenvalue weighted by Crippen LogP contribution is -2.29. The zero-order valence-electron chi connectivity index (χ0n) is 16.3. The molecule has 0 saturated heterocycles. The van der Waals surface area contributed by atoms with Gasteiger partial charge < -0.3 is 5.32 Å². The van der Waals surface area contributed by atoms with Gasteiger partial charge in [-0.25, -0.2) is 18.5 Å². The van der Waals surface area contributed by atoms with Crippen LogP contribution in [0.15, 0.2) is 52.2 Å². The first-order valence-electron chi connectivity index (χ1n) is 9.76. The number of nitrogens with two attached hydrogens (primary N) is 1. The van der Waals surface area contributed by atoms with E-state index in [2.05, 4.69) is 10.3 Å². The van der Waals surface area contributed by atoms with E-state index in [1.807, 2.05) is 0 Å². The third-order valence-corrected chi connectivity index (χ3v) is 6.21. The van der Waals surface area contributed by atoms with Crippen LogP contribution in [0.4, 0.5) is 0 Å². The summed E-state index contributed by atoms with van der Waals surface area (Å²) in [7, 11) is -3.72. The normalized spacial score (nSPS) is 13.8. The van der Waals surface area contributed by atoms with Crippen molar-refractivity contribution in [2.45, 2.75) is 37.1 Å². The highest BCUT2D eigenvalue weighted by Crippen LogP contribution is 2.16.